The fraction of sp³-hybridized carbons (Fsp3) is 0. The molecule has 208 valence electrons. The van der Waals surface area contributed by atoms with Crippen LogP contribution >= 0.6 is 0 Å². The highest BCUT2D eigenvalue weighted by atomic mass is 19.2. The van der Waals surface area contributed by atoms with Crippen molar-refractivity contribution >= 4 is 0 Å². The first kappa shape index (κ1) is 27.6. The van der Waals surface area contributed by atoms with Crippen LogP contribution in [0, 0.1) is 87.3 Å². The van der Waals surface area contributed by atoms with Crippen LogP contribution in [0.3, 0.4) is 0 Å². The number of aromatic amines is 2. The van der Waals surface area contributed by atoms with Gasteiger partial charge in [-0.1, -0.05) is 0 Å². The van der Waals surface area contributed by atoms with E-state index >= 15 is 0 Å². The van der Waals surface area contributed by atoms with Crippen LogP contribution in [0.1, 0.15) is 0 Å². The first-order valence-electron chi connectivity index (χ1n) is 9.50. The quantitative estimate of drug-likeness (QED) is 0.151. The van der Waals surface area contributed by atoms with Gasteiger partial charge in [-0.3, -0.25) is 5.10 Å². The Morgan fingerprint density at radius 3 is 1.08 bits per heavy atom. The molecule has 0 atom stereocenters. The Hall–Kier alpha value is -4.45. The minimum atomic E-state index is -2.75. The molecule has 0 spiro atoms. The molecule has 0 aliphatic rings. The van der Waals surface area contributed by atoms with Gasteiger partial charge in [0.2, 0.25) is 17.5 Å². The third-order valence-corrected chi connectivity index (χ3v) is 5.02. The zero-order valence-electron chi connectivity index (χ0n) is 17.6. The van der Waals surface area contributed by atoms with E-state index in [2.05, 4.69) is 0 Å². The smallest absolute Gasteiger partial charge is 0.200 e. The second-order valence-corrected chi connectivity index (χ2v) is 7.24. The molecule has 4 nitrogen and oxygen atoms in total. The summed E-state index contributed by atoms with van der Waals surface area (Å²) >= 11 is 0. The number of nitrogens with zero attached hydrogens (tertiary/aromatic N) is 2. The average Bonchev–Trinajstić information content (AvgIpc) is 2.91. The number of nitrogens with one attached hydrogen (secondary N) is 2. The summed E-state index contributed by atoms with van der Waals surface area (Å²) in [6.45, 7) is 0. The Bertz CT molecular complexity index is 1430. The van der Waals surface area contributed by atoms with Gasteiger partial charge in [-0.15, -0.1) is 0 Å². The lowest BCUT2D eigenvalue weighted by Gasteiger charge is -2.19. The van der Waals surface area contributed by atoms with Gasteiger partial charge in [-0.2, -0.15) is 4.80 Å². The van der Waals surface area contributed by atoms with Crippen LogP contribution in [-0.2, 0) is 0 Å². The molecule has 0 amide bonds. The molecule has 2 N–H and O–H groups in total. The number of benzene rings is 3. The SMILES string of the molecule is Fc1c(F)c(F)c(-c2cn(-c3c(F)c(F)c(F)c(F)c3F)[nH]n(-c3c(F)c(F)c(F)c(F)c3F)[nH]2)c(F)c1F. The van der Waals surface area contributed by atoms with Crippen LogP contribution < -0.4 is 0 Å². The molecule has 19 heteroatoms. The van der Waals surface area contributed by atoms with E-state index in [1.807, 2.05) is 0 Å². The molecule has 3 aromatic carbocycles. The van der Waals surface area contributed by atoms with Gasteiger partial charge in [0.15, 0.2) is 75.5 Å². The summed E-state index contributed by atoms with van der Waals surface area (Å²) in [5.74, 6) is -40.5. The lowest BCUT2D eigenvalue weighted by Crippen LogP contribution is -2.22. The highest BCUT2D eigenvalue weighted by molar-refractivity contribution is 5.61. The molecule has 0 aliphatic carbocycles. The first-order valence-corrected chi connectivity index (χ1v) is 9.50. The van der Waals surface area contributed by atoms with Crippen molar-refractivity contribution in [3.63, 3.8) is 0 Å². The zero-order chi connectivity index (χ0) is 29.2. The molecule has 0 saturated carbocycles. The van der Waals surface area contributed by atoms with E-state index in [0.29, 0.717) is 0 Å². The van der Waals surface area contributed by atoms with E-state index in [9.17, 15) is 65.9 Å². The van der Waals surface area contributed by atoms with Crippen LogP contribution in [0.2, 0.25) is 0 Å². The minimum Gasteiger partial charge on any atom is -0.276 e. The van der Waals surface area contributed by atoms with Crippen molar-refractivity contribution < 1.29 is 65.9 Å². The lowest BCUT2D eigenvalue weighted by atomic mass is 10.1. The summed E-state index contributed by atoms with van der Waals surface area (Å²) < 4.78 is 209. The van der Waals surface area contributed by atoms with Gasteiger partial charge >= 0.3 is 0 Å². The first-order chi connectivity index (χ1) is 18.1. The molecular formula is C20H3F15N4. The Morgan fingerprint density at radius 1 is 0.385 bits per heavy atom. The van der Waals surface area contributed by atoms with E-state index in [1.54, 1.807) is 0 Å². The van der Waals surface area contributed by atoms with Crippen molar-refractivity contribution in [3.8, 4) is 22.6 Å². The number of rotatable bonds is 3. The van der Waals surface area contributed by atoms with Crippen LogP contribution in [-0.4, -0.2) is 19.8 Å². The summed E-state index contributed by atoms with van der Waals surface area (Å²) in [5.41, 5.74) is -7.98. The molecule has 1 aromatic heterocycles. The van der Waals surface area contributed by atoms with Gasteiger partial charge in [0.1, 0.15) is 5.69 Å². The van der Waals surface area contributed by atoms with Crippen LogP contribution in [0.5, 0.6) is 0 Å². The molecule has 0 radical (unpaired) electrons. The molecule has 0 saturated heterocycles. The number of H-pyrrole nitrogens is 2. The second-order valence-electron chi connectivity index (χ2n) is 7.24. The summed E-state index contributed by atoms with van der Waals surface area (Å²) in [7, 11) is 0. The summed E-state index contributed by atoms with van der Waals surface area (Å²) in [6, 6.07) is 0. The largest absolute Gasteiger partial charge is 0.276 e. The molecular weight excluding hydrogens is 581 g/mol. The van der Waals surface area contributed by atoms with Crippen LogP contribution in [0.25, 0.3) is 22.6 Å². The van der Waals surface area contributed by atoms with Gasteiger partial charge in [-0.25, -0.2) is 75.8 Å². The number of halogens is 15. The normalized spacial score (nSPS) is 11.5. The molecule has 0 bridgehead atoms. The predicted molar refractivity (Wildman–Crippen MR) is 96.2 cm³/mol. The van der Waals surface area contributed by atoms with E-state index in [1.165, 1.54) is 10.3 Å². The Balaban J connectivity index is 2.22. The fourth-order valence-electron chi connectivity index (χ4n) is 3.22. The Labute approximate surface area is 202 Å². The molecule has 4 aromatic rings. The van der Waals surface area contributed by atoms with Crippen molar-refractivity contribution in [1.29, 1.82) is 0 Å². The summed E-state index contributed by atoms with van der Waals surface area (Å²) in [6.07, 6.45) is -0.126. The van der Waals surface area contributed by atoms with Crippen LogP contribution in [0.15, 0.2) is 6.20 Å². The van der Waals surface area contributed by atoms with Gasteiger partial charge < -0.3 is 0 Å². The van der Waals surface area contributed by atoms with Crippen LogP contribution in [0.4, 0.5) is 65.9 Å². The molecule has 1 heterocycles. The number of hydrogen-bond acceptors (Lipinski definition) is 0. The van der Waals surface area contributed by atoms with Gasteiger partial charge in [0.25, 0.3) is 0 Å². The number of hydrogen-bond donors (Lipinski definition) is 2. The van der Waals surface area contributed by atoms with Crippen molar-refractivity contribution in [2.45, 2.75) is 0 Å². The van der Waals surface area contributed by atoms with E-state index in [4.69, 9.17) is 0 Å². The maximum absolute atomic E-state index is 14.4. The fourth-order valence-corrected chi connectivity index (χ4v) is 3.22. The molecule has 39 heavy (non-hydrogen) atoms. The minimum absolute atomic E-state index is 0.126. The maximum atomic E-state index is 14.4. The van der Waals surface area contributed by atoms with Gasteiger partial charge in [0, 0.05) is 0 Å². The summed E-state index contributed by atoms with van der Waals surface area (Å²) in [5, 5.41) is 2.82. The zero-order valence-corrected chi connectivity index (χ0v) is 17.6. The van der Waals surface area contributed by atoms with Crippen molar-refractivity contribution in [2.75, 3.05) is 0 Å². The monoisotopic (exact) mass is 584 g/mol. The second kappa shape index (κ2) is 9.38. The van der Waals surface area contributed by atoms with E-state index in [0.717, 1.165) is 0 Å². The topological polar surface area (TPSA) is 41.4 Å². The average molecular weight is 584 g/mol. The molecule has 0 aliphatic heterocycles. The van der Waals surface area contributed by atoms with E-state index < -0.39 is 119 Å². The Morgan fingerprint density at radius 2 is 0.692 bits per heavy atom. The third kappa shape index (κ3) is 3.98. The maximum Gasteiger partial charge on any atom is 0.200 e. The predicted octanol–water partition coefficient (Wildman–Crippen LogP) is 6.80. The van der Waals surface area contributed by atoms with Crippen molar-refractivity contribution in [1.82, 2.24) is 19.8 Å². The highest BCUT2D eigenvalue weighted by Crippen LogP contribution is 2.33. The third-order valence-electron chi connectivity index (χ3n) is 5.02. The molecule has 0 fully saturated rings. The molecule has 0 unspecified atom stereocenters. The van der Waals surface area contributed by atoms with Gasteiger partial charge in [-0.05, 0) is 0 Å². The lowest BCUT2D eigenvalue weighted by molar-refractivity contribution is 0.362. The molecule has 4 rings (SSSR count). The standard InChI is InChI=1S/C20H3F15N4/c21-4-3(5(22)7(24)8(25)6(4)23)2-1-38(19-15(32)11(28)9(26)12(29)16(19)33)37-39(36-2)20-17(34)13(30)10(27)14(31)18(20)35/h1,36-37H. The summed E-state index contributed by atoms with van der Waals surface area (Å²) in [4.78, 5) is -0.596. The number of aromatic nitrogens is 4. The van der Waals surface area contributed by atoms with Crippen molar-refractivity contribution in [2.24, 2.45) is 0 Å². The highest BCUT2D eigenvalue weighted by Gasteiger charge is 2.32. The van der Waals surface area contributed by atoms with E-state index in [-0.39, 0.29) is 6.20 Å². The van der Waals surface area contributed by atoms with Gasteiger partial charge in [0.05, 0.1) is 17.5 Å². The Kier molecular flexibility index (Phi) is 6.64. The van der Waals surface area contributed by atoms with Crippen molar-refractivity contribution in [3.05, 3.63) is 93.5 Å².